The fraction of sp³-hybridized carbons (Fsp3) is 0.273. The van der Waals surface area contributed by atoms with Gasteiger partial charge in [0, 0.05) is 23.6 Å². The van der Waals surface area contributed by atoms with Gasteiger partial charge in [-0.05, 0) is 13.8 Å². The zero-order valence-corrected chi connectivity index (χ0v) is 9.64. The molecule has 0 aliphatic heterocycles. The molecule has 0 radical (unpaired) electrons. The van der Waals surface area contributed by atoms with Crippen molar-refractivity contribution in [2.75, 3.05) is 11.9 Å². The first-order valence-electron chi connectivity index (χ1n) is 4.94. The number of nitrogens with zero attached hydrogens (tertiary/aromatic N) is 2. The van der Waals surface area contributed by atoms with Crippen LogP contribution < -0.4 is 5.32 Å². The van der Waals surface area contributed by atoms with Crippen molar-refractivity contribution >= 4 is 16.7 Å². The smallest absolute Gasteiger partial charge is 0.202 e. The van der Waals surface area contributed by atoms with Gasteiger partial charge in [0.05, 0.1) is 0 Å². The van der Waals surface area contributed by atoms with Crippen LogP contribution in [-0.2, 0) is 0 Å². The maximum absolute atomic E-state index is 4.40. The Bertz CT molecular complexity index is 433. The molecule has 0 bridgehead atoms. The average molecular weight is 219 g/mol. The Morgan fingerprint density at radius 1 is 1.27 bits per heavy atom. The predicted molar refractivity (Wildman–Crippen MR) is 64.2 cm³/mol. The summed E-state index contributed by atoms with van der Waals surface area (Å²) in [6.07, 6.45) is 0. The van der Waals surface area contributed by atoms with Crippen LogP contribution in [0.1, 0.15) is 12.5 Å². The summed E-state index contributed by atoms with van der Waals surface area (Å²) in [6, 6.07) is 8.24. The lowest BCUT2D eigenvalue weighted by Gasteiger charge is -1.96. The summed E-state index contributed by atoms with van der Waals surface area (Å²) >= 11 is 1.40. The van der Waals surface area contributed by atoms with Crippen LogP contribution in [0.15, 0.2) is 24.3 Å². The van der Waals surface area contributed by atoms with Gasteiger partial charge in [-0.2, -0.15) is 9.36 Å². The van der Waals surface area contributed by atoms with Crippen LogP contribution in [0.4, 0.5) is 5.13 Å². The van der Waals surface area contributed by atoms with Gasteiger partial charge in [0.25, 0.3) is 0 Å². The van der Waals surface area contributed by atoms with Crippen LogP contribution in [0, 0.1) is 6.92 Å². The predicted octanol–water partition coefficient (Wildman–Crippen LogP) is 2.95. The molecule has 2 rings (SSSR count). The van der Waals surface area contributed by atoms with Crippen molar-refractivity contribution in [3.63, 3.8) is 0 Å². The summed E-state index contributed by atoms with van der Waals surface area (Å²) in [6.45, 7) is 5.00. The largest absolute Gasteiger partial charge is 0.361 e. The van der Waals surface area contributed by atoms with E-state index in [-0.39, 0.29) is 0 Å². The summed E-state index contributed by atoms with van der Waals surface area (Å²) in [5.41, 5.74) is 2.32. The van der Waals surface area contributed by atoms with E-state index in [1.807, 2.05) is 19.1 Å². The number of aromatic nitrogens is 2. The highest BCUT2D eigenvalue weighted by Gasteiger charge is 2.04. The SMILES string of the molecule is CCNc1nc(-c2ccc(C)cc2)ns1. The van der Waals surface area contributed by atoms with E-state index >= 15 is 0 Å². The molecule has 0 atom stereocenters. The Morgan fingerprint density at radius 3 is 2.67 bits per heavy atom. The first-order chi connectivity index (χ1) is 7.29. The topological polar surface area (TPSA) is 37.8 Å². The minimum absolute atomic E-state index is 0.802. The molecule has 1 aromatic heterocycles. The normalized spacial score (nSPS) is 10.3. The summed E-state index contributed by atoms with van der Waals surface area (Å²) < 4.78 is 4.30. The van der Waals surface area contributed by atoms with Gasteiger partial charge in [0.15, 0.2) is 5.82 Å². The van der Waals surface area contributed by atoms with Gasteiger partial charge in [-0.25, -0.2) is 0 Å². The molecule has 4 heteroatoms. The van der Waals surface area contributed by atoms with Gasteiger partial charge < -0.3 is 5.32 Å². The monoisotopic (exact) mass is 219 g/mol. The highest BCUT2D eigenvalue weighted by molar-refractivity contribution is 7.09. The van der Waals surface area contributed by atoms with E-state index in [1.54, 1.807) is 0 Å². The van der Waals surface area contributed by atoms with Crippen molar-refractivity contribution in [1.82, 2.24) is 9.36 Å². The molecule has 2 aromatic rings. The molecule has 0 fully saturated rings. The fourth-order valence-corrected chi connectivity index (χ4v) is 1.92. The Balaban J connectivity index is 2.25. The van der Waals surface area contributed by atoms with Crippen LogP contribution in [0.3, 0.4) is 0 Å². The van der Waals surface area contributed by atoms with Crippen LogP contribution in [0.2, 0.25) is 0 Å². The molecule has 0 aliphatic carbocycles. The Kier molecular flexibility index (Phi) is 2.97. The van der Waals surface area contributed by atoms with Gasteiger partial charge in [-0.3, -0.25) is 0 Å². The third kappa shape index (κ3) is 2.33. The average Bonchev–Trinajstić information content (AvgIpc) is 2.68. The van der Waals surface area contributed by atoms with Gasteiger partial charge in [0.2, 0.25) is 5.13 Å². The number of anilines is 1. The van der Waals surface area contributed by atoms with Gasteiger partial charge in [-0.15, -0.1) is 0 Å². The zero-order valence-electron chi connectivity index (χ0n) is 8.82. The fourth-order valence-electron chi connectivity index (χ4n) is 1.27. The quantitative estimate of drug-likeness (QED) is 0.862. The lowest BCUT2D eigenvalue weighted by atomic mass is 10.1. The first-order valence-corrected chi connectivity index (χ1v) is 5.71. The maximum Gasteiger partial charge on any atom is 0.202 e. The molecule has 1 heterocycles. The summed E-state index contributed by atoms with van der Waals surface area (Å²) in [7, 11) is 0. The molecule has 0 spiro atoms. The molecule has 0 saturated carbocycles. The highest BCUT2D eigenvalue weighted by atomic mass is 32.1. The maximum atomic E-state index is 4.40. The van der Waals surface area contributed by atoms with E-state index in [0.717, 1.165) is 23.1 Å². The number of aryl methyl sites for hydroxylation is 1. The molecule has 1 aromatic carbocycles. The van der Waals surface area contributed by atoms with Crippen molar-refractivity contribution in [1.29, 1.82) is 0 Å². The summed E-state index contributed by atoms with van der Waals surface area (Å²) in [5.74, 6) is 0.802. The van der Waals surface area contributed by atoms with Crippen LogP contribution in [0.5, 0.6) is 0 Å². The zero-order chi connectivity index (χ0) is 10.7. The molecule has 15 heavy (non-hydrogen) atoms. The molecule has 0 unspecified atom stereocenters. The van der Waals surface area contributed by atoms with Gasteiger partial charge in [0.1, 0.15) is 0 Å². The Morgan fingerprint density at radius 2 is 2.00 bits per heavy atom. The number of hydrogen-bond donors (Lipinski definition) is 1. The summed E-state index contributed by atoms with van der Waals surface area (Å²) in [4.78, 5) is 4.40. The molecule has 0 aliphatic rings. The summed E-state index contributed by atoms with van der Waals surface area (Å²) in [5, 5.41) is 4.04. The number of rotatable bonds is 3. The Labute approximate surface area is 93.4 Å². The van der Waals surface area contributed by atoms with E-state index in [0.29, 0.717) is 0 Å². The second-order valence-electron chi connectivity index (χ2n) is 3.32. The van der Waals surface area contributed by atoms with Crippen molar-refractivity contribution < 1.29 is 0 Å². The molecular formula is C11H13N3S. The van der Waals surface area contributed by atoms with E-state index < -0.39 is 0 Å². The minimum Gasteiger partial charge on any atom is -0.361 e. The third-order valence-electron chi connectivity index (χ3n) is 2.06. The van der Waals surface area contributed by atoms with Gasteiger partial charge in [-0.1, -0.05) is 29.8 Å². The second-order valence-corrected chi connectivity index (χ2v) is 4.07. The highest BCUT2D eigenvalue weighted by Crippen LogP contribution is 2.20. The minimum atomic E-state index is 0.802. The van der Waals surface area contributed by atoms with Crippen molar-refractivity contribution in [3.05, 3.63) is 29.8 Å². The van der Waals surface area contributed by atoms with Crippen LogP contribution in [-0.4, -0.2) is 15.9 Å². The number of hydrogen-bond acceptors (Lipinski definition) is 4. The van der Waals surface area contributed by atoms with Crippen molar-refractivity contribution in [3.8, 4) is 11.4 Å². The number of nitrogens with one attached hydrogen (secondary N) is 1. The van der Waals surface area contributed by atoms with E-state index in [4.69, 9.17) is 0 Å². The lowest BCUT2D eigenvalue weighted by Crippen LogP contribution is -1.94. The number of benzene rings is 1. The van der Waals surface area contributed by atoms with Crippen LogP contribution in [0.25, 0.3) is 11.4 Å². The molecular weight excluding hydrogens is 206 g/mol. The van der Waals surface area contributed by atoms with Crippen LogP contribution >= 0.6 is 11.5 Å². The molecule has 0 amide bonds. The first kappa shape index (κ1) is 10.1. The van der Waals surface area contributed by atoms with Gasteiger partial charge >= 0.3 is 0 Å². The Hall–Kier alpha value is -1.42. The van der Waals surface area contributed by atoms with E-state index in [2.05, 4.69) is 33.7 Å². The molecule has 78 valence electrons. The van der Waals surface area contributed by atoms with Crippen molar-refractivity contribution in [2.24, 2.45) is 0 Å². The molecule has 1 N–H and O–H groups in total. The standard InChI is InChI=1S/C11H13N3S/c1-3-12-11-13-10(14-15-11)9-6-4-8(2)5-7-9/h4-7H,3H2,1-2H3,(H,12,13,14). The molecule has 0 saturated heterocycles. The van der Waals surface area contributed by atoms with E-state index in [9.17, 15) is 0 Å². The lowest BCUT2D eigenvalue weighted by molar-refractivity contribution is 1.19. The molecule has 3 nitrogen and oxygen atoms in total. The third-order valence-corrected chi connectivity index (χ3v) is 2.74. The van der Waals surface area contributed by atoms with Crippen molar-refractivity contribution in [2.45, 2.75) is 13.8 Å². The second kappa shape index (κ2) is 4.40. The van der Waals surface area contributed by atoms with E-state index in [1.165, 1.54) is 17.1 Å².